The van der Waals surface area contributed by atoms with Crippen LogP contribution in [0.2, 0.25) is 0 Å². The fourth-order valence-electron chi connectivity index (χ4n) is 1.95. The molecule has 0 bridgehead atoms. The molecule has 7 nitrogen and oxygen atoms in total. The molecule has 0 heterocycles. The zero-order chi connectivity index (χ0) is 16.0. The topological polar surface area (TPSA) is 92.9 Å². The van der Waals surface area contributed by atoms with Crippen LogP contribution in [0.4, 0.5) is 5.69 Å². The molecule has 1 rings (SSSR count). The van der Waals surface area contributed by atoms with Gasteiger partial charge in [-0.2, -0.15) is 0 Å². The van der Waals surface area contributed by atoms with Gasteiger partial charge in [0.1, 0.15) is 5.75 Å². The van der Waals surface area contributed by atoms with Crippen molar-refractivity contribution in [3.8, 4) is 5.75 Å². The Kier molecular flexibility index (Phi) is 6.10. The normalized spacial score (nSPS) is 10.9. The second-order valence-corrected chi connectivity index (χ2v) is 5.00. The lowest BCUT2D eigenvalue weighted by atomic mass is 10.1. The van der Waals surface area contributed by atoms with Gasteiger partial charge < -0.3 is 9.84 Å². The van der Waals surface area contributed by atoms with Crippen LogP contribution in [-0.4, -0.2) is 40.6 Å². The molecule has 0 fully saturated rings. The van der Waals surface area contributed by atoms with Gasteiger partial charge in [-0.25, -0.2) is 0 Å². The molecule has 7 heteroatoms. The maximum absolute atomic E-state index is 10.9. The molecule has 1 N–H and O–H groups in total. The van der Waals surface area contributed by atoms with Crippen molar-refractivity contribution >= 4 is 11.7 Å². The lowest BCUT2D eigenvalue weighted by molar-refractivity contribution is -0.385. The van der Waals surface area contributed by atoms with E-state index in [1.165, 1.54) is 19.2 Å². The number of hydrogen-bond donors (Lipinski definition) is 1. The number of carboxylic acids is 1. The summed E-state index contributed by atoms with van der Waals surface area (Å²) in [7, 11) is 1.45. The molecular weight excluding hydrogens is 276 g/mol. The van der Waals surface area contributed by atoms with Crippen molar-refractivity contribution in [1.82, 2.24) is 4.90 Å². The SMILES string of the molecule is COc1cc(CN(CCC(=O)O)C(C)C)cc([N+](=O)[O-])c1. The number of hydrogen-bond acceptors (Lipinski definition) is 5. The number of benzene rings is 1. The minimum atomic E-state index is -0.864. The fourth-order valence-corrected chi connectivity index (χ4v) is 1.95. The molecule has 0 radical (unpaired) electrons. The van der Waals surface area contributed by atoms with Crippen LogP contribution in [-0.2, 0) is 11.3 Å². The number of nitro benzene ring substituents is 1. The van der Waals surface area contributed by atoms with Gasteiger partial charge >= 0.3 is 5.97 Å². The van der Waals surface area contributed by atoms with Crippen LogP contribution >= 0.6 is 0 Å². The molecule has 0 amide bonds. The van der Waals surface area contributed by atoms with Crippen LogP contribution in [0.15, 0.2) is 18.2 Å². The van der Waals surface area contributed by atoms with E-state index in [1.54, 1.807) is 6.07 Å². The Morgan fingerprint density at radius 2 is 2.10 bits per heavy atom. The zero-order valence-electron chi connectivity index (χ0n) is 12.4. The summed E-state index contributed by atoms with van der Waals surface area (Å²) in [5.41, 5.74) is 0.687. The summed E-state index contributed by atoms with van der Waals surface area (Å²) < 4.78 is 5.07. The van der Waals surface area contributed by atoms with Crippen LogP contribution < -0.4 is 4.74 Å². The number of carbonyl (C=O) groups is 1. The highest BCUT2D eigenvalue weighted by atomic mass is 16.6. The minimum absolute atomic E-state index is 0.0320. The van der Waals surface area contributed by atoms with E-state index < -0.39 is 10.9 Å². The molecule has 0 spiro atoms. The van der Waals surface area contributed by atoms with Crippen molar-refractivity contribution in [2.24, 2.45) is 0 Å². The van der Waals surface area contributed by atoms with Crippen molar-refractivity contribution in [1.29, 1.82) is 0 Å². The van der Waals surface area contributed by atoms with Gasteiger partial charge in [-0.3, -0.25) is 19.8 Å². The summed E-state index contributed by atoms with van der Waals surface area (Å²) in [5.74, 6) is -0.446. The Labute approximate surface area is 123 Å². The summed E-state index contributed by atoms with van der Waals surface area (Å²) in [6.45, 7) is 4.73. The van der Waals surface area contributed by atoms with Crippen LogP contribution in [0, 0.1) is 10.1 Å². The number of nitrogens with zero attached hydrogens (tertiary/aromatic N) is 2. The number of non-ortho nitro benzene ring substituents is 1. The molecule has 0 aliphatic rings. The Hall–Kier alpha value is -2.15. The van der Waals surface area contributed by atoms with Gasteiger partial charge in [0.15, 0.2) is 0 Å². The van der Waals surface area contributed by atoms with E-state index in [0.29, 0.717) is 18.8 Å². The van der Waals surface area contributed by atoms with E-state index in [-0.39, 0.29) is 18.2 Å². The third kappa shape index (κ3) is 5.39. The number of nitro groups is 1. The summed E-state index contributed by atoms with van der Waals surface area (Å²) in [6, 6.07) is 4.71. The average molecular weight is 296 g/mol. The van der Waals surface area contributed by atoms with E-state index >= 15 is 0 Å². The zero-order valence-corrected chi connectivity index (χ0v) is 12.4. The third-order valence-corrected chi connectivity index (χ3v) is 3.13. The Morgan fingerprint density at radius 3 is 2.57 bits per heavy atom. The van der Waals surface area contributed by atoms with E-state index in [0.717, 1.165) is 5.56 Å². The molecule has 1 aromatic carbocycles. The highest BCUT2D eigenvalue weighted by molar-refractivity contribution is 5.66. The van der Waals surface area contributed by atoms with E-state index in [9.17, 15) is 14.9 Å². The van der Waals surface area contributed by atoms with Crippen molar-refractivity contribution < 1.29 is 19.6 Å². The second kappa shape index (κ2) is 7.58. The molecule has 21 heavy (non-hydrogen) atoms. The molecule has 0 unspecified atom stereocenters. The third-order valence-electron chi connectivity index (χ3n) is 3.13. The van der Waals surface area contributed by atoms with Gasteiger partial charge in [-0.05, 0) is 25.5 Å². The molecule has 0 aliphatic carbocycles. The smallest absolute Gasteiger partial charge is 0.304 e. The lowest BCUT2D eigenvalue weighted by Gasteiger charge is -2.25. The molecule has 0 aliphatic heterocycles. The van der Waals surface area contributed by atoms with Gasteiger partial charge in [0, 0.05) is 25.2 Å². The summed E-state index contributed by atoms with van der Waals surface area (Å²) in [5, 5.41) is 19.7. The predicted octanol–water partition coefficient (Wildman–Crippen LogP) is 2.29. The summed E-state index contributed by atoms with van der Waals surface area (Å²) in [4.78, 5) is 23.1. The summed E-state index contributed by atoms with van der Waals surface area (Å²) >= 11 is 0. The molecule has 1 aromatic rings. The van der Waals surface area contributed by atoms with E-state index in [4.69, 9.17) is 9.84 Å². The predicted molar refractivity (Wildman–Crippen MR) is 77.4 cm³/mol. The number of carboxylic acid groups (broad SMARTS) is 1. The van der Waals surface area contributed by atoms with Gasteiger partial charge in [0.25, 0.3) is 5.69 Å². The standard InChI is InChI=1S/C14H20N2O5/c1-10(2)15(5-4-14(17)18)9-11-6-12(16(19)20)8-13(7-11)21-3/h6-8,10H,4-5,9H2,1-3H3,(H,17,18). The van der Waals surface area contributed by atoms with E-state index in [1.807, 2.05) is 18.7 Å². The first kappa shape index (κ1) is 16.9. The second-order valence-electron chi connectivity index (χ2n) is 5.00. The Morgan fingerprint density at radius 1 is 1.43 bits per heavy atom. The van der Waals surface area contributed by atoms with Crippen LogP contribution in [0.1, 0.15) is 25.8 Å². The first-order valence-electron chi connectivity index (χ1n) is 6.61. The van der Waals surface area contributed by atoms with Gasteiger partial charge in [0.2, 0.25) is 0 Å². The number of aliphatic carboxylic acids is 1. The minimum Gasteiger partial charge on any atom is -0.496 e. The van der Waals surface area contributed by atoms with Crippen LogP contribution in [0.5, 0.6) is 5.75 Å². The Bertz CT molecular complexity index is 516. The highest BCUT2D eigenvalue weighted by Crippen LogP contribution is 2.24. The fraction of sp³-hybridized carbons (Fsp3) is 0.500. The molecule has 116 valence electrons. The molecule has 0 aromatic heterocycles. The van der Waals surface area contributed by atoms with Crippen molar-refractivity contribution in [2.45, 2.75) is 32.9 Å². The molecule has 0 saturated heterocycles. The lowest BCUT2D eigenvalue weighted by Crippen LogP contribution is -2.32. The number of rotatable bonds is 8. The largest absolute Gasteiger partial charge is 0.496 e. The molecule has 0 atom stereocenters. The van der Waals surface area contributed by atoms with Gasteiger partial charge in [0.05, 0.1) is 24.5 Å². The van der Waals surface area contributed by atoms with Gasteiger partial charge in [-0.15, -0.1) is 0 Å². The number of ether oxygens (including phenoxy) is 1. The average Bonchev–Trinajstić information content (AvgIpc) is 2.42. The van der Waals surface area contributed by atoms with Crippen LogP contribution in [0.25, 0.3) is 0 Å². The van der Waals surface area contributed by atoms with Crippen molar-refractivity contribution in [2.75, 3.05) is 13.7 Å². The first-order valence-corrected chi connectivity index (χ1v) is 6.61. The van der Waals surface area contributed by atoms with Crippen molar-refractivity contribution in [3.05, 3.63) is 33.9 Å². The number of methoxy groups -OCH3 is 1. The van der Waals surface area contributed by atoms with E-state index in [2.05, 4.69) is 0 Å². The quantitative estimate of drug-likeness (QED) is 0.584. The maximum Gasteiger partial charge on any atom is 0.304 e. The molecular formula is C14H20N2O5. The first-order chi connectivity index (χ1) is 9.83. The monoisotopic (exact) mass is 296 g/mol. The summed E-state index contributed by atoms with van der Waals surface area (Å²) in [6.07, 6.45) is 0.0320. The van der Waals surface area contributed by atoms with Gasteiger partial charge in [-0.1, -0.05) is 0 Å². The van der Waals surface area contributed by atoms with Crippen LogP contribution in [0.3, 0.4) is 0 Å². The maximum atomic E-state index is 10.9. The molecule has 0 saturated carbocycles. The highest BCUT2D eigenvalue weighted by Gasteiger charge is 2.15. The Balaban J connectivity index is 2.94. The van der Waals surface area contributed by atoms with Crippen molar-refractivity contribution in [3.63, 3.8) is 0 Å².